The molecule has 0 atom stereocenters. The maximum Gasteiger partial charge on any atom is 0.264 e. The molecule has 0 aliphatic heterocycles. The van der Waals surface area contributed by atoms with Crippen LogP contribution in [0.3, 0.4) is 0 Å². The van der Waals surface area contributed by atoms with Crippen LogP contribution in [0.1, 0.15) is 12.8 Å². The van der Waals surface area contributed by atoms with Gasteiger partial charge in [-0.1, -0.05) is 39.7 Å². The van der Waals surface area contributed by atoms with Crippen LogP contribution in [0.25, 0.3) is 11.3 Å². The second kappa shape index (κ2) is 9.52. The number of halogens is 2. The number of hydrogen-bond acceptors (Lipinski definition) is 4. The molecule has 3 aromatic rings. The van der Waals surface area contributed by atoms with Crippen LogP contribution in [-0.4, -0.2) is 22.7 Å². The Morgan fingerprint density at radius 3 is 2.79 bits per heavy atom. The van der Waals surface area contributed by atoms with E-state index in [0.717, 1.165) is 10.0 Å². The standard InChI is InChI=1S/C20H17BrClN3O3/c21-14-6-8-18(16(22)12-14)28-10-2-5-19(26)23-15-4-1-3-13(11-15)17-7-9-20(27)25-24-17/h1,3-4,6-9,11-12H,2,5,10H2,(H,23,26)(H,25,27). The summed E-state index contributed by atoms with van der Waals surface area (Å²) in [5, 5.41) is 9.76. The summed E-state index contributed by atoms with van der Waals surface area (Å²) in [5.41, 5.74) is 1.81. The first-order valence-electron chi connectivity index (χ1n) is 8.55. The van der Waals surface area contributed by atoms with Crippen LogP contribution in [0.15, 0.2) is 63.9 Å². The van der Waals surface area contributed by atoms with Gasteiger partial charge in [0.05, 0.1) is 17.3 Å². The molecule has 0 aliphatic rings. The van der Waals surface area contributed by atoms with E-state index in [9.17, 15) is 9.59 Å². The molecule has 2 N–H and O–H groups in total. The zero-order valence-corrected chi connectivity index (χ0v) is 17.1. The zero-order chi connectivity index (χ0) is 19.9. The molecule has 0 saturated carbocycles. The maximum atomic E-state index is 12.2. The van der Waals surface area contributed by atoms with Gasteiger partial charge in [0, 0.05) is 28.2 Å². The highest BCUT2D eigenvalue weighted by Crippen LogP contribution is 2.27. The highest BCUT2D eigenvalue weighted by atomic mass is 79.9. The van der Waals surface area contributed by atoms with Gasteiger partial charge in [0.15, 0.2) is 0 Å². The third-order valence-electron chi connectivity index (χ3n) is 3.82. The minimum atomic E-state index is -0.264. The summed E-state index contributed by atoms with van der Waals surface area (Å²) in [5.74, 6) is 0.475. The lowest BCUT2D eigenvalue weighted by Crippen LogP contribution is -2.13. The van der Waals surface area contributed by atoms with E-state index in [0.29, 0.717) is 41.6 Å². The van der Waals surface area contributed by atoms with Crippen molar-refractivity contribution in [3.05, 3.63) is 74.4 Å². The summed E-state index contributed by atoms with van der Waals surface area (Å²) < 4.78 is 6.49. The highest BCUT2D eigenvalue weighted by Gasteiger charge is 2.06. The van der Waals surface area contributed by atoms with E-state index < -0.39 is 0 Å². The van der Waals surface area contributed by atoms with Crippen LogP contribution in [0.5, 0.6) is 5.75 Å². The normalized spacial score (nSPS) is 10.5. The first-order chi connectivity index (χ1) is 13.5. The fourth-order valence-corrected chi connectivity index (χ4v) is 3.22. The van der Waals surface area contributed by atoms with Gasteiger partial charge < -0.3 is 10.1 Å². The summed E-state index contributed by atoms with van der Waals surface area (Å²) in [6, 6.07) is 15.7. The molecule has 0 bridgehead atoms. The molecule has 0 aliphatic carbocycles. The maximum absolute atomic E-state index is 12.2. The van der Waals surface area contributed by atoms with Crippen molar-refractivity contribution in [2.45, 2.75) is 12.8 Å². The number of carbonyl (C=O) groups excluding carboxylic acids is 1. The Labute approximate surface area is 175 Å². The minimum Gasteiger partial charge on any atom is -0.492 e. The lowest BCUT2D eigenvalue weighted by Gasteiger charge is -2.09. The Kier molecular flexibility index (Phi) is 6.84. The largest absolute Gasteiger partial charge is 0.492 e. The number of nitrogens with zero attached hydrogens (tertiary/aromatic N) is 1. The van der Waals surface area contributed by atoms with Crippen LogP contribution in [-0.2, 0) is 4.79 Å². The molecule has 0 fully saturated rings. The van der Waals surface area contributed by atoms with Gasteiger partial charge in [-0.05, 0) is 42.8 Å². The van der Waals surface area contributed by atoms with Crippen molar-refractivity contribution in [3.8, 4) is 17.0 Å². The van der Waals surface area contributed by atoms with Crippen LogP contribution >= 0.6 is 27.5 Å². The van der Waals surface area contributed by atoms with E-state index in [1.807, 2.05) is 18.2 Å². The number of carbonyl (C=O) groups is 1. The van der Waals surface area contributed by atoms with Crippen LogP contribution < -0.4 is 15.6 Å². The predicted octanol–water partition coefficient (Wildman–Crippen LogP) is 4.65. The summed E-state index contributed by atoms with van der Waals surface area (Å²) in [4.78, 5) is 23.3. The number of ether oxygens (including phenoxy) is 1. The first-order valence-corrected chi connectivity index (χ1v) is 9.72. The monoisotopic (exact) mass is 461 g/mol. The van der Waals surface area contributed by atoms with E-state index in [-0.39, 0.29) is 11.5 Å². The third-order valence-corrected chi connectivity index (χ3v) is 4.61. The topological polar surface area (TPSA) is 84.1 Å². The van der Waals surface area contributed by atoms with Gasteiger partial charge in [0.1, 0.15) is 5.75 Å². The number of H-pyrrole nitrogens is 1. The Morgan fingerprint density at radius 2 is 2.04 bits per heavy atom. The van der Waals surface area contributed by atoms with Crippen LogP contribution in [0, 0.1) is 0 Å². The SMILES string of the molecule is O=C(CCCOc1ccc(Br)cc1Cl)Nc1cccc(-c2ccc(=O)[nH]n2)c1. The number of aromatic amines is 1. The van der Waals surface area contributed by atoms with Gasteiger partial charge in [0.25, 0.3) is 5.56 Å². The lowest BCUT2D eigenvalue weighted by molar-refractivity contribution is -0.116. The smallest absolute Gasteiger partial charge is 0.264 e. The number of aromatic nitrogens is 2. The Hall–Kier alpha value is -2.64. The average molecular weight is 463 g/mol. The molecule has 0 radical (unpaired) electrons. The Balaban J connectivity index is 1.50. The molecule has 1 amide bonds. The van der Waals surface area contributed by atoms with Crippen LogP contribution in [0.2, 0.25) is 5.02 Å². The second-order valence-corrected chi connectivity index (χ2v) is 7.29. The third kappa shape index (κ3) is 5.68. The van der Waals surface area contributed by atoms with E-state index in [1.54, 1.807) is 30.3 Å². The number of hydrogen-bond donors (Lipinski definition) is 2. The number of amides is 1. The molecule has 2 aromatic carbocycles. The molecule has 6 nitrogen and oxygen atoms in total. The van der Waals surface area contributed by atoms with Crippen LogP contribution in [0.4, 0.5) is 5.69 Å². The second-order valence-electron chi connectivity index (χ2n) is 5.96. The van der Waals surface area contributed by atoms with Gasteiger partial charge in [-0.2, -0.15) is 5.10 Å². The van der Waals surface area contributed by atoms with Crippen molar-refractivity contribution in [2.24, 2.45) is 0 Å². The minimum absolute atomic E-state index is 0.114. The highest BCUT2D eigenvalue weighted by molar-refractivity contribution is 9.10. The number of nitrogens with one attached hydrogen (secondary N) is 2. The first kappa shape index (κ1) is 20.1. The molecule has 0 spiro atoms. The summed E-state index contributed by atoms with van der Waals surface area (Å²) in [6.07, 6.45) is 0.870. The van der Waals surface area contributed by atoms with Crippen molar-refractivity contribution in [1.29, 1.82) is 0 Å². The number of anilines is 1. The average Bonchev–Trinajstić information content (AvgIpc) is 2.67. The molecule has 28 heavy (non-hydrogen) atoms. The van der Waals surface area contributed by atoms with Crippen molar-refractivity contribution in [1.82, 2.24) is 10.2 Å². The molecule has 144 valence electrons. The molecule has 1 aromatic heterocycles. The Bertz CT molecular complexity index is 1020. The number of rotatable bonds is 7. The van der Waals surface area contributed by atoms with Gasteiger partial charge in [-0.15, -0.1) is 0 Å². The molecule has 0 saturated heterocycles. The number of benzene rings is 2. The van der Waals surface area contributed by atoms with Crippen molar-refractivity contribution < 1.29 is 9.53 Å². The molecular formula is C20H17BrClN3O3. The molecule has 1 heterocycles. The van der Waals surface area contributed by atoms with E-state index in [2.05, 4.69) is 31.4 Å². The molecular weight excluding hydrogens is 446 g/mol. The van der Waals surface area contributed by atoms with Crippen molar-refractivity contribution >= 4 is 39.1 Å². The van der Waals surface area contributed by atoms with Crippen molar-refractivity contribution in [3.63, 3.8) is 0 Å². The predicted molar refractivity (Wildman–Crippen MR) is 113 cm³/mol. The van der Waals surface area contributed by atoms with Gasteiger partial charge >= 0.3 is 0 Å². The molecule has 0 unspecified atom stereocenters. The van der Waals surface area contributed by atoms with Gasteiger partial charge in [0.2, 0.25) is 5.91 Å². The fourth-order valence-electron chi connectivity index (χ4n) is 2.49. The van der Waals surface area contributed by atoms with E-state index in [1.165, 1.54) is 6.07 Å². The summed E-state index contributed by atoms with van der Waals surface area (Å²) >= 11 is 9.43. The molecule has 8 heteroatoms. The molecule has 3 rings (SSSR count). The summed E-state index contributed by atoms with van der Waals surface area (Å²) in [7, 11) is 0. The van der Waals surface area contributed by atoms with Gasteiger partial charge in [-0.25, -0.2) is 5.10 Å². The quantitative estimate of drug-likeness (QED) is 0.501. The summed E-state index contributed by atoms with van der Waals surface area (Å²) in [6.45, 7) is 0.385. The van der Waals surface area contributed by atoms with Gasteiger partial charge in [-0.3, -0.25) is 9.59 Å². The van der Waals surface area contributed by atoms with Crippen molar-refractivity contribution in [2.75, 3.05) is 11.9 Å². The lowest BCUT2D eigenvalue weighted by atomic mass is 10.1. The Morgan fingerprint density at radius 1 is 1.18 bits per heavy atom. The van der Waals surface area contributed by atoms with E-state index >= 15 is 0 Å². The zero-order valence-electron chi connectivity index (χ0n) is 14.7. The fraction of sp³-hybridized carbons (Fsp3) is 0.150. The van der Waals surface area contributed by atoms with E-state index in [4.69, 9.17) is 16.3 Å².